The minimum absolute atomic E-state index is 0.0220. The SMILES string of the molecule is CCOC(=O)[N+]1(N(C2CCCCC2)C2CCCCC2)CC(=O)ON1. The van der Waals surface area contributed by atoms with E-state index >= 15 is 0 Å². The van der Waals surface area contributed by atoms with E-state index in [-0.39, 0.29) is 29.9 Å². The largest absolute Gasteiger partial charge is 0.560 e. The molecule has 1 N–H and O–H groups in total. The fourth-order valence-corrected chi connectivity index (χ4v) is 4.48. The standard InChI is InChI=1S/C17H30N3O4/c1-2-23-17(22)20(13-16(21)24-18-20)19(14-9-5-3-6-10-14)15-11-7-4-8-12-15/h14-15,18H,2-13H2,1H3/q+1. The van der Waals surface area contributed by atoms with Crippen LogP contribution in [0.15, 0.2) is 0 Å². The number of hydrogen-bond donors (Lipinski definition) is 1. The van der Waals surface area contributed by atoms with Gasteiger partial charge >= 0.3 is 12.1 Å². The van der Waals surface area contributed by atoms with Crippen molar-refractivity contribution in [3.05, 3.63) is 0 Å². The highest BCUT2D eigenvalue weighted by atomic mass is 16.8. The molecular weight excluding hydrogens is 310 g/mol. The molecule has 24 heavy (non-hydrogen) atoms. The molecule has 7 nitrogen and oxygen atoms in total. The predicted octanol–water partition coefficient (Wildman–Crippen LogP) is 2.82. The highest BCUT2D eigenvalue weighted by Gasteiger charge is 2.58. The van der Waals surface area contributed by atoms with Gasteiger partial charge < -0.3 is 9.57 Å². The topological polar surface area (TPSA) is 67.9 Å². The van der Waals surface area contributed by atoms with Crippen molar-refractivity contribution in [2.75, 3.05) is 13.2 Å². The molecule has 2 saturated carbocycles. The first-order valence-electron chi connectivity index (χ1n) is 9.48. The van der Waals surface area contributed by atoms with Gasteiger partial charge in [0.05, 0.1) is 18.7 Å². The molecule has 0 spiro atoms. The minimum atomic E-state index is -0.431. The van der Waals surface area contributed by atoms with E-state index in [2.05, 4.69) is 10.6 Å². The third-order valence-electron chi connectivity index (χ3n) is 5.53. The molecule has 2 aliphatic carbocycles. The molecule has 1 atom stereocenters. The Bertz CT molecular complexity index is 443. The third kappa shape index (κ3) is 3.43. The summed E-state index contributed by atoms with van der Waals surface area (Å²) < 4.78 is 5.02. The summed E-state index contributed by atoms with van der Waals surface area (Å²) in [5.41, 5.74) is 2.74. The fraction of sp³-hybridized carbons (Fsp3) is 0.882. The summed E-state index contributed by atoms with van der Waals surface area (Å²) in [4.78, 5) is 29.8. The van der Waals surface area contributed by atoms with Crippen LogP contribution in [0, 0.1) is 0 Å². The number of nitrogens with zero attached hydrogens (tertiary/aromatic N) is 2. The zero-order chi connectivity index (χ0) is 17.0. The Hall–Kier alpha value is -1.18. The van der Waals surface area contributed by atoms with Crippen molar-refractivity contribution < 1.29 is 23.9 Å². The maximum absolute atomic E-state index is 12.9. The third-order valence-corrected chi connectivity index (χ3v) is 5.53. The molecule has 3 rings (SSSR count). The van der Waals surface area contributed by atoms with Crippen molar-refractivity contribution in [3.8, 4) is 0 Å². The average molecular weight is 340 g/mol. The number of carbonyl (C=O) groups is 2. The number of nitrogens with one attached hydrogen (secondary N) is 1. The van der Waals surface area contributed by atoms with E-state index in [1.165, 1.54) is 38.5 Å². The van der Waals surface area contributed by atoms with Crippen LogP contribution < -0.4 is 5.59 Å². The summed E-state index contributed by atoms with van der Waals surface area (Å²) >= 11 is 0. The molecule has 0 aromatic carbocycles. The van der Waals surface area contributed by atoms with Crippen molar-refractivity contribution in [2.45, 2.75) is 83.2 Å². The van der Waals surface area contributed by atoms with Gasteiger partial charge in [-0.3, -0.25) is 0 Å². The van der Waals surface area contributed by atoms with Gasteiger partial charge in [-0.25, -0.2) is 4.79 Å². The van der Waals surface area contributed by atoms with Gasteiger partial charge in [0.1, 0.15) is 0 Å². The van der Waals surface area contributed by atoms with Crippen molar-refractivity contribution >= 4 is 12.1 Å². The quantitative estimate of drug-likeness (QED) is 0.794. The summed E-state index contributed by atoms with van der Waals surface area (Å²) in [5, 5.41) is 2.22. The van der Waals surface area contributed by atoms with Gasteiger partial charge in [0.25, 0.3) is 0 Å². The molecule has 0 aromatic heterocycles. The number of quaternary nitrogens is 1. The molecule has 3 fully saturated rings. The van der Waals surface area contributed by atoms with Crippen molar-refractivity contribution in [1.82, 2.24) is 10.6 Å². The number of rotatable bonds is 4. The lowest BCUT2D eigenvalue weighted by Gasteiger charge is -2.46. The summed E-state index contributed by atoms with van der Waals surface area (Å²) in [6, 6.07) is 0.571. The van der Waals surface area contributed by atoms with Crippen LogP contribution in [0.4, 0.5) is 4.79 Å². The van der Waals surface area contributed by atoms with E-state index in [4.69, 9.17) is 9.57 Å². The number of ether oxygens (including phenoxy) is 1. The first-order chi connectivity index (χ1) is 11.7. The van der Waals surface area contributed by atoms with Gasteiger partial charge in [-0.15, -0.1) is 5.01 Å². The van der Waals surface area contributed by atoms with Crippen LogP contribution in [0.5, 0.6) is 0 Å². The maximum Gasteiger partial charge on any atom is 0.560 e. The van der Waals surface area contributed by atoms with Crippen LogP contribution in [0.3, 0.4) is 0 Å². The Morgan fingerprint density at radius 2 is 1.67 bits per heavy atom. The second-order valence-electron chi connectivity index (χ2n) is 7.16. The Balaban J connectivity index is 1.92. The second-order valence-corrected chi connectivity index (χ2v) is 7.16. The number of hydrogen-bond acceptors (Lipinski definition) is 6. The van der Waals surface area contributed by atoms with Crippen LogP contribution in [0.25, 0.3) is 0 Å². The lowest BCUT2D eigenvalue weighted by Crippen LogP contribution is -2.72. The molecule has 1 amide bonds. The van der Waals surface area contributed by atoms with Gasteiger partial charge in [0, 0.05) is 5.59 Å². The van der Waals surface area contributed by atoms with Gasteiger partial charge in [0.15, 0.2) is 0 Å². The van der Waals surface area contributed by atoms with Gasteiger partial charge in [-0.1, -0.05) is 38.5 Å². The summed E-state index contributed by atoms with van der Waals surface area (Å²) in [5.74, 6) is -0.403. The number of amides is 1. The first kappa shape index (κ1) is 17.6. The molecule has 1 unspecified atom stereocenters. The molecule has 0 bridgehead atoms. The Morgan fingerprint density at radius 1 is 1.12 bits per heavy atom. The first-order valence-corrected chi connectivity index (χ1v) is 9.48. The normalized spacial score (nSPS) is 29.7. The fourth-order valence-electron chi connectivity index (χ4n) is 4.48. The van der Waals surface area contributed by atoms with Gasteiger partial charge in [-0.05, 0) is 37.3 Å². The van der Waals surface area contributed by atoms with Crippen LogP contribution >= 0.6 is 0 Å². The molecule has 0 aromatic rings. The molecule has 136 valence electrons. The Kier molecular flexibility index (Phi) is 5.73. The summed E-state index contributed by atoms with van der Waals surface area (Å²) in [6.07, 6.45) is 11.0. The average Bonchev–Trinajstić information content (AvgIpc) is 3.00. The summed E-state index contributed by atoms with van der Waals surface area (Å²) in [7, 11) is 0. The minimum Gasteiger partial charge on any atom is -0.417 e. The Labute approximate surface area is 143 Å². The van der Waals surface area contributed by atoms with Crippen molar-refractivity contribution in [3.63, 3.8) is 0 Å². The van der Waals surface area contributed by atoms with E-state index in [1.54, 1.807) is 6.92 Å². The van der Waals surface area contributed by atoms with E-state index < -0.39 is 12.1 Å². The van der Waals surface area contributed by atoms with Crippen molar-refractivity contribution in [1.29, 1.82) is 0 Å². The smallest absolute Gasteiger partial charge is 0.417 e. The van der Waals surface area contributed by atoms with E-state index in [9.17, 15) is 9.59 Å². The maximum atomic E-state index is 12.9. The van der Waals surface area contributed by atoms with E-state index in [1.807, 2.05) is 0 Å². The van der Waals surface area contributed by atoms with Crippen molar-refractivity contribution in [2.24, 2.45) is 0 Å². The lowest BCUT2D eigenvalue weighted by atomic mass is 9.90. The highest BCUT2D eigenvalue weighted by molar-refractivity contribution is 5.74. The molecule has 3 aliphatic rings. The monoisotopic (exact) mass is 340 g/mol. The predicted molar refractivity (Wildman–Crippen MR) is 87.0 cm³/mol. The summed E-state index contributed by atoms with van der Waals surface area (Å²) in [6.45, 7) is 2.06. The Morgan fingerprint density at radius 3 is 2.08 bits per heavy atom. The molecule has 1 aliphatic heterocycles. The highest BCUT2D eigenvalue weighted by Crippen LogP contribution is 2.35. The molecule has 1 saturated heterocycles. The zero-order valence-electron chi connectivity index (χ0n) is 14.7. The molecule has 0 radical (unpaired) electrons. The molecule has 7 heteroatoms. The van der Waals surface area contributed by atoms with E-state index in [0.717, 1.165) is 25.7 Å². The van der Waals surface area contributed by atoms with Crippen LogP contribution in [-0.2, 0) is 14.4 Å². The second kappa shape index (κ2) is 7.80. The number of carbonyl (C=O) groups excluding carboxylic acids is 2. The van der Waals surface area contributed by atoms with Gasteiger partial charge in [-0.2, -0.15) is 4.79 Å². The van der Waals surface area contributed by atoms with Crippen LogP contribution in [-0.4, -0.2) is 47.0 Å². The zero-order valence-corrected chi connectivity index (χ0v) is 14.7. The van der Waals surface area contributed by atoms with E-state index in [0.29, 0.717) is 0 Å². The molecule has 1 heterocycles. The molecular formula is C17H30N3O4+. The van der Waals surface area contributed by atoms with Crippen LogP contribution in [0.1, 0.15) is 71.1 Å². The van der Waals surface area contributed by atoms with Gasteiger partial charge in [0.2, 0.25) is 6.54 Å². The van der Waals surface area contributed by atoms with Crippen LogP contribution in [0.2, 0.25) is 0 Å². The lowest BCUT2D eigenvalue weighted by molar-refractivity contribution is -1.02.